The Morgan fingerprint density at radius 2 is 1.12 bits per heavy atom. The molecular formula is C30H37BrO8S3. The van der Waals surface area contributed by atoms with Crippen LogP contribution in [0.4, 0.5) is 0 Å². The molecule has 42 heavy (non-hydrogen) atoms. The van der Waals surface area contributed by atoms with Crippen molar-refractivity contribution in [3.8, 4) is 0 Å². The number of esters is 3. The first-order valence-corrected chi connectivity index (χ1v) is 17.0. The monoisotopic (exact) mass is 700 g/mol. The number of alkyl halides is 1. The Kier molecular flexibility index (Phi) is 23.1. The van der Waals surface area contributed by atoms with E-state index in [1.54, 1.807) is 32.0 Å². The second-order valence-corrected chi connectivity index (χ2v) is 11.7. The number of carbonyl (C=O) groups is 3. The Morgan fingerprint density at radius 3 is 1.52 bits per heavy atom. The molecule has 0 spiro atoms. The highest BCUT2D eigenvalue weighted by Crippen LogP contribution is 2.16. The van der Waals surface area contributed by atoms with Crippen LogP contribution in [0.3, 0.4) is 0 Å². The van der Waals surface area contributed by atoms with Crippen LogP contribution in [0, 0.1) is 0 Å². The number of rotatable bonds is 10. The molecule has 0 aromatic heterocycles. The Bertz CT molecular complexity index is 1240. The van der Waals surface area contributed by atoms with Crippen molar-refractivity contribution < 1.29 is 37.0 Å². The fourth-order valence-electron chi connectivity index (χ4n) is 2.56. The predicted molar refractivity (Wildman–Crippen MR) is 173 cm³/mol. The van der Waals surface area contributed by atoms with Gasteiger partial charge in [-0.15, -0.1) is 24.4 Å². The van der Waals surface area contributed by atoms with E-state index in [0.29, 0.717) is 24.3 Å². The maximum absolute atomic E-state index is 11.6. The van der Waals surface area contributed by atoms with Gasteiger partial charge in [0.1, 0.15) is 5.33 Å². The number of thiol groups is 1. The molecule has 3 aromatic rings. The molecule has 0 aliphatic carbocycles. The summed E-state index contributed by atoms with van der Waals surface area (Å²) in [5.41, 5.74) is 0. The Labute approximate surface area is 267 Å². The minimum absolute atomic E-state index is 0.137. The maximum Gasteiger partial charge on any atom is 0.321 e. The van der Waals surface area contributed by atoms with Crippen molar-refractivity contribution in [2.75, 3.05) is 36.7 Å². The van der Waals surface area contributed by atoms with Crippen molar-refractivity contribution in [3.05, 3.63) is 91.0 Å². The van der Waals surface area contributed by atoms with E-state index in [0.717, 1.165) is 9.79 Å². The smallest absolute Gasteiger partial charge is 0.321 e. The third-order valence-corrected chi connectivity index (χ3v) is 7.64. The van der Waals surface area contributed by atoms with E-state index in [9.17, 15) is 22.8 Å². The van der Waals surface area contributed by atoms with Crippen molar-refractivity contribution in [3.63, 3.8) is 0 Å². The molecule has 230 valence electrons. The zero-order valence-corrected chi connectivity index (χ0v) is 27.9. The van der Waals surface area contributed by atoms with Gasteiger partial charge in [-0.2, -0.15) is 0 Å². The van der Waals surface area contributed by atoms with Gasteiger partial charge in [-0.05, 0) is 57.2 Å². The second-order valence-electron chi connectivity index (χ2n) is 7.56. The summed E-state index contributed by atoms with van der Waals surface area (Å²) >= 11 is 8.52. The summed E-state index contributed by atoms with van der Waals surface area (Å²) in [5.74, 6) is -1.30. The number of benzene rings is 3. The lowest BCUT2D eigenvalue weighted by atomic mass is 10.4. The average molecular weight is 702 g/mol. The molecule has 12 heteroatoms. The molecule has 0 aliphatic rings. The van der Waals surface area contributed by atoms with Crippen LogP contribution in [0.15, 0.2) is 106 Å². The molecule has 0 unspecified atom stereocenters. The molecule has 0 saturated heterocycles. The number of ether oxygens (including phenoxy) is 3. The summed E-state index contributed by atoms with van der Waals surface area (Å²) in [6.07, 6.45) is 0. The van der Waals surface area contributed by atoms with E-state index in [1.807, 2.05) is 67.6 Å². The van der Waals surface area contributed by atoms with Crippen molar-refractivity contribution in [1.29, 1.82) is 0 Å². The number of hydrogen-bond donors (Lipinski definition) is 1. The average Bonchev–Trinajstić information content (AvgIpc) is 2.99. The van der Waals surface area contributed by atoms with Crippen LogP contribution < -0.4 is 0 Å². The van der Waals surface area contributed by atoms with Crippen LogP contribution in [0.25, 0.3) is 0 Å². The van der Waals surface area contributed by atoms with Crippen LogP contribution in [0.5, 0.6) is 0 Å². The first-order chi connectivity index (χ1) is 20.1. The predicted octanol–water partition coefficient (Wildman–Crippen LogP) is 6.28. The van der Waals surface area contributed by atoms with Gasteiger partial charge in [-0.1, -0.05) is 70.5 Å². The number of halogens is 1. The highest BCUT2D eigenvalue weighted by atomic mass is 79.9. The summed E-state index contributed by atoms with van der Waals surface area (Å²) in [7, 11) is -3.56. The van der Waals surface area contributed by atoms with Gasteiger partial charge in [-0.25, -0.2) is 8.42 Å². The van der Waals surface area contributed by atoms with Crippen molar-refractivity contribution in [1.82, 2.24) is 0 Å². The van der Waals surface area contributed by atoms with Gasteiger partial charge in [0, 0.05) is 9.79 Å². The molecule has 0 heterocycles. The summed E-state index contributed by atoms with van der Waals surface area (Å²) in [6, 6.07) is 27.4. The van der Waals surface area contributed by atoms with Gasteiger partial charge in [0.25, 0.3) is 0 Å². The van der Waals surface area contributed by atoms with Crippen molar-refractivity contribution in [2.45, 2.75) is 35.5 Å². The third kappa shape index (κ3) is 21.0. The van der Waals surface area contributed by atoms with Gasteiger partial charge in [0.2, 0.25) is 0 Å². The molecule has 0 amide bonds. The molecule has 0 aliphatic heterocycles. The second kappa shape index (κ2) is 24.8. The minimum atomic E-state index is -3.56. The Hall–Kier alpha value is -2.80. The first kappa shape index (κ1) is 39.2. The van der Waals surface area contributed by atoms with Crippen LogP contribution in [-0.2, 0) is 38.4 Å². The number of carbonyl (C=O) groups excluding carboxylic acids is 3. The van der Waals surface area contributed by atoms with Crippen LogP contribution in [0.2, 0.25) is 0 Å². The fourth-order valence-corrected chi connectivity index (χ4v) is 4.74. The lowest BCUT2D eigenvalue weighted by Crippen LogP contribution is -2.18. The summed E-state index contributed by atoms with van der Waals surface area (Å²) < 4.78 is 37.1. The van der Waals surface area contributed by atoms with Crippen molar-refractivity contribution >= 4 is 68.1 Å². The van der Waals surface area contributed by atoms with E-state index in [-0.39, 0.29) is 23.4 Å². The van der Waals surface area contributed by atoms with E-state index in [2.05, 4.69) is 38.0 Å². The SMILES string of the molecule is CCOC(=O)CBr.CCOC(=O)CS(=O)(=O)c1ccccc1.CCOC(=O)CSc1ccccc1.Sc1ccccc1. The van der Waals surface area contributed by atoms with E-state index < -0.39 is 21.6 Å². The molecule has 0 atom stereocenters. The number of hydrogen-bond acceptors (Lipinski definition) is 10. The maximum atomic E-state index is 11.6. The third-order valence-electron chi connectivity index (χ3n) is 4.29. The lowest BCUT2D eigenvalue weighted by molar-refractivity contribution is -0.140. The summed E-state index contributed by atoms with van der Waals surface area (Å²) in [5, 5.41) is 0.292. The molecule has 0 fully saturated rings. The van der Waals surface area contributed by atoms with Gasteiger partial charge in [0.05, 0.1) is 30.5 Å². The van der Waals surface area contributed by atoms with Gasteiger partial charge < -0.3 is 14.2 Å². The minimum Gasteiger partial charge on any atom is -0.465 e. The molecule has 8 nitrogen and oxygen atoms in total. The zero-order chi connectivity index (χ0) is 31.6. The molecule has 3 rings (SSSR count). The highest BCUT2D eigenvalue weighted by Gasteiger charge is 2.19. The van der Waals surface area contributed by atoms with Crippen LogP contribution >= 0.6 is 40.3 Å². The Balaban J connectivity index is 0.000000564. The fraction of sp³-hybridized carbons (Fsp3) is 0.300. The number of thioether (sulfide) groups is 1. The molecular weight excluding hydrogens is 664 g/mol. The first-order valence-electron chi connectivity index (χ1n) is 12.8. The summed E-state index contributed by atoms with van der Waals surface area (Å²) in [6.45, 7) is 6.32. The zero-order valence-electron chi connectivity index (χ0n) is 23.8. The van der Waals surface area contributed by atoms with Crippen molar-refractivity contribution in [2.24, 2.45) is 0 Å². The van der Waals surface area contributed by atoms with Crippen LogP contribution in [-0.4, -0.2) is 63.0 Å². The normalized spacial score (nSPS) is 9.74. The molecule has 0 N–H and O–H groups in total. The molecule has 0 bridgehead atoms. The molecule has 0 radical (unpaired) electrons. The Morgan fingerprint density at radius 1 is 0.690 bits per heavy atom. The lowest BCUT2D eigenvalue weighted by Gasteiger charge is -2.03. The highest BCUT2D eigenvalue weighted by molar-refractivity contribution is 9.09. The molecule has 0 saturated carbocycles. The van der Waals surface area contributed by atoms with E-state index in [4.69, 9.17) is 4.74 Å². The topological polar surface area (TPSA) is 113 Å². The molecule has 3 aromatic carbocycles. The largest absolute Gasteiger partial charge is 0.465 e. The van der Waals surface area contributed by atoms with Crippen LogP contribution in [0.1, 0.15) is 20.8 Å². The standard InChI is InChI=1S/C10H12O4S.C10H12O2S.C6H6S.C4H7BrO2/c1-2-14-10(11)8-15(12,13)9-6-4-3-5-7-9;1-2-12-10(11)8-13-9-6-4-3-5-7-9;7-6-4-2-1-3-5-6;1-2-7-4(6)3-5/h3-7H,2,8H2,1H3;3-7H,2,8H2,1H3;1-5,7H;2-3H2,1H3. The number of sulfone groups is 1. The van der Waals surface area contributed by atoms with Gasteiger partial charge in [0.15, 0.2) is 15.6 Å². The van der Waals surface area contributed by atoms with E-state index >= 15 is 0 Å². The van der Waals surface area contributed by atoms with Gasteiger partial charge in [-0.3, -0.25) is 14.4 Å². The quantitative estimate of drug-likeness (QED) is 0.0858. The van der Waals surface area contributed by atoms with Gasteiger partial charge >= 0.3 is 17.9 Å². The van der Waals surface area contributed by atoms with E-state index in [1.165, 1.54) is 23.9 Å². The summed E-state index contributed by atoms with van der Waals surface area (Å²) in [4.78, 5) is 34.4.